The van der Waals surface area contributed by atoms with Gasteiger partial charge in [0.15, 0.2) is 0 Å². The minimum atomic E-state index is -0.634. The molecule has 2 N–H and O–H groups in total. The van der Waals surface area contributed by atoms with Gasteiger partial charge in [-0.1, -0.05) is 0 Å². The first-order chi connectivity index (χ1) is 8.40. The molecule has 98 valence electrons. The molecule has 0 spiro atoms. The molecule has 0 aromatic heterocycles. The van der Waals surface area contributed by atoms with E-state index in [0.29, 0.717) is 5.56 Å². The molecule has 2 amide bonds. The van der Waals surface area contributed by atoms with Crippen molar-refractivity contribution in [2.45, 2.75) is 32.9 Å². The lowest BCUT2D eigenvalue weighted by Crippen LogP contribution is -2.46. The zero-order valence-electron chi connectivity index (χ0n) is 10.7. The molecule has 0 fully saturated rings. The highest BCUT2D eigenvalue weighted by atomic mass is 19.1. The second-order valence-electron chi connectivity index (χ2n) is 4.37. The molecule has 5 heteroatoms. The average molecular weight is 252 g/mol. The second kappa shape index (κ2) is 6.14. The second-order valence-corrected chi connectivity index (χ2v) is 4.37. The van der Waals surface area contributed by atoms with E-state index < -0.39 is 17.8 Å². The van der Waals surface area contributed by atoms with Gasteiger partial charge in [0.2, 0.25) is 5.91 Å². The molecule has 1 aromatic carbocycles. The van der Waals surface area contributed by atoms with Crippen LogP contribution in [0.1, 0.15) is 31.1 Å². The fourth-order valence-corrected chi connectivity index (χ4v) is 1.36. The molecule has 0 bridgehead atoms. The predicted molar refractivity (Wildman–Crippen MR) is 66.6 cm³/mol. The van der Waals surface area contributed by atoms with Crippen LogP contribution < -0.4 is 10.6 Å². The molecule has 0 saturated heterocycles. The van der Waals surface area contributed by atoms with E-state index in [1.54, 1.807) is 6.92 Å². The summed E-state index contributed by atoms with van der Waals surface area (Å²) in [4.78, 5) is 23.3. The van der Waals surface area contributed by atoms with Crippen LogP contribution >= 0.6 is 0 Å². The zero-order valence-corrected chi connectivity index (χ0v) is 10.7. The third kappa shape index (κ3) is 4.16. The van der Waals surface area contributed by atoms with Crippen LogP contribution in [0.4, 0.5) is 4.39 Å². The zero-order chi connectivity index (χ0) is 13.7. The van der Waals surface area contributed by atoms with Crippen molar-refractivity contribution in [3.63, 3.8) is 0 Å². The smallest absolute Gasteiger partial charge is 0.251 e. The van der Waals surface area contributed by atoms with Crippen molar-refractivity contribution in [2.75, 3.05) is 0 Å². The Morgan fingerprint density at radius 3 is 2.11 bits per heavy atom. The van der Waals surface area contributed by atoms with Crippen LogP contribution in [-0.2, 0) is 4.79 Å². The Labute approximate surface area is 106 Å². The van der Waals surface area contributed by atoms with E-state index in [9.17, 15) is 14.0 Å². The summed E-state index contributed by atoms with van der Waals surface area (Å²) in [7, 11) is 0. The van der Waals surface area contributed by atoms with Gasteiger partial charge in [-0.2, -0.15) is 0 Å². The molecule has 1 atom stereocenters. The van der Waals surface area contributed by atoms with Crippen LogP contribution in [0.3, 0.4) is 0 Å². The summed E-state index contributed by atoms with van der Waals surface area (Å²) < 4.78 is 12.7. The van der Waals surface area contributed by atoms with E-state index in [-0.39, 0.29) is 11.9 Å². The largest absolute Gasteiger partial charge is 0.352 e. The van der Waals surface area contributed by atoms with Crippen LogP contribution in [-0.4, -0.2) is 23.9 Å². The highest BCUT2D eigenvalue weighted by molar-refractivity contribution is 5.97. The molecular formula is C13H17FN2O2. The molecule has 0 radical (unpaired) electrons. The highest BCUT2D eigenvalue weighted by Gasteiger charge is 2.16. The lowest BCUT2D eigenvalue weighted by Gasteiger charge is -2.16. The maximum absolute atomic E-state index is 12.7. The Balaban J connectivity index is 2.59. The fraction of sp³-hybridized carbons (Fsp3) is 0.385. The van der Waals surface area contributed by atoms with E-state index in [1.807, 2.05) is 13.8 Å². The highest BCUT2D eigenvalue weighted by Crippen LogP contribution is 2.03. The molecule has 0 heterocycles. The molecule has 1 aromatic rings. The van der Waals surface area contributed by atoms with Gasteiger partial charge in [0.1, 0.15) is 11.9 Å². The minimum absolute atomic E-state index is 0.0164. The summed E-state index contributed by atoms with van der Waals surface area (Å²) in [5.41, 5.74) is 0.320. The van der Waals surface area contributed by atoms with Crippen molar-refractivity contribution in [2.24, 2.45) is 0 Å². The molecule has 18 heavy (non-hydrogen) atoms. The minimum Gasteiger partial charge on any atom is -0.352 e. The van der Waals surface area contributed by atoms with Crippen molar-refractivity contribution in [1.29, 1.82) is 0 Å². The van der Waals surface area contributed by atoms with Crippen molar-refractivity contribution in [1.82, 2.24) is 10.6 Å². The normalized spacial score (nSPS) is 12.1. The number of nitrogens with one attached hydrogen (secondary N) is 2. The first-order valence-corrected chi connectivity index (χ1v) is 5.77. The molecule has 0 aliphatic rings. The standard InChI is InChI=1S/C13H17FN2O2/c1-8(2)15-12(17)9(3)16-13(18)10-4-6-11(14)7-5-10/h4-9H,1-3H3,(H,15,17)(H,16,18). The third-order valence-electron chi connectivity index (χ3n) is 2.28. The van der Waals surface area contributed by atoms with Crippen LogP contribution in [0.15, 0.2) is 24.3 Å². The van der Waals surface area contributed by atoms with E-state index in [0.717, 1.165) is 0 Å². The Bertz CT molecular complexity index is 429. The number of benzene rings is 1. The van der Waals surface area contributed by atoms with Crippen LogP contribution in [0, 0.1) is 5.82 Å². The topological polar surface area (TPSA) is 58.2 Å². The number of halogens is 1. The van der Waals surface area contributed by atoms with Gasteiger partial charge in [-0.25, -0.2) is 4.39 Å². The molecule has 1 unspecified atom stereocenters. The van der Waals surface area contributed by atoms with Crippen molar-refractivity contribution >= 4 is 11.8 Å². The lowest BCUT2D eigenvalue weighted by molar-refractivity contribution is -0.123. The van der Waals surface area contributed by atoms with Gasteiger partial charge >= 0.3 is 0 Å². The Morgan fingerprint density at radius 1 is 1.06 bits per heavy atom. The Morgan fingerprint density at radius 2 is 1.61 bits per heavy atom. The molecule has 1 rings (SSSR count). The number of rotatable bonds is 4. The first-order valence-electron chi connectivity index (χ1n) is 5.77. The van der Waals surface area contributed by atoms with Gasteiger partial charge in [0.05, 0.1) is 0 Å². The van der Waals surface area contributed by atoms with Gasteiger partial charge in [-0.05, 0) is 45.0 Å². The van der Waals surface area contributed by atoms with E-state index in [1.165, 1.54) is 24.3 Å². The number of amides is 2. The van der Waals surface area contributed by atoms with Crippen LogP contribution in [0.25, 0.3) is 0 Å². The number of carbonyl (C=O) groups is 2. The maximum Gasteiger partial charge on any atom is 0.251 e. The Kier molecular flexibility index (Phi) is 4.83. The fourth-order valence-electron chi connectivity index (χ4n) is 1.36. The van der Waals surface area contributed by atoms with Crippen LogP contribution in [0.5, 0.6) is 0 Å². The van der Waals surface area contributed by atoms with Crippen molar-refractivity contribution < 1.29 is 14.0 Å². The molecule has 0 aliphatic carbocycles. The van der Waals surface area contributed by atoms with E-state index >= 15 is 0 Å². The van der Waals surface area contributed by atoms with Gasteiger partial charge in [-0.3, -0.25) is 9.59 Å². The number of carbonyl (C=O) groups excluding carboxylic acids is 2. The van der Waals surface area contributed by atoms with Crippen molar-refractivity contribution in [3.8, 4) is 0 Å². The average Bonchev–Trinajstić information content (AvgIpc) is 2.28. The number of hydrogen-bond acceptors (Lipinski definition) is 2. The molecule has 0 aliphatic heterocycles. The Hall–Kier alpha value is -1.91. The predicted octanol–water partition coefficient (Wildman–Crippen LogP) is 1.47. The van der Waals surface area contributed by atoms with Gasteiger partial charge in [0.25, 0.3) is 5.91 Å². The molecule has 0 saturated carbocycles. The van der Waals surface area contributed by atoms with E-state index in [4.69, 9.17) is 0 Å². The summed E-state index contributed by atoms with van der Waals surface area (Å²) >= 11 is 0. The van der Waals surface area contributed by atoms with E-state index in [2.05, 4.69) is 10.6 Å². The summed E-state index contributed by atoms with van der Waals surface area (Å²) in [5.74, 6) is -1.06. The van der Waals surface area contributed by atoms with Gasteiger partial charge in [0, 0.05) is 11.6 Å². The summed E-state index contributed by atoms with van der Waals surface area (Å²) in [6.45, 7) is 5.28. The molecule has 4 nitrogen and oxygen atoms in total. The quantitative estimate of drug-likeness (QED) is 0.852. The molecular weight excluding hydrogens is 235 g/mol. The monoisotopic (exact) mass is 252 g/mol. The van der Waals surface area contributed by atoms with Gasteiger partial charge < -0.3 is 10.6 Å². The van der Waals surface area contributed by atoms with Gasteiger partial charge in [-0.15, -0.1) is 0 Å². The summed E-state index contributed by atoms with van der Waals surface area (Å²) in [6.07, 6.45) is 0. The SMILES string of the molecule is CC(C)NC(=O)C(C)NC(=O)c1ccc(F)cc1. The first kappa shape index (κ1) is 14.2. The summed E-state index contributed by atoms with van der Waals surface area (Å²) in [6, 6.07) is 4.53. The van der Waals surface area contributed by atoms with Crippen LogP contribution in [0.2, 0.25) is 0 Å². The van der Waals surface area contributed by atoms with Crippen molar-refractivity contribution in [3.05, 3.63) is 35.6 Å². The lowest BCUT2D eigenvalue weighted by atomic mass is 10.2. The third-order valence-corrected chi connectivity index (χ3v) is 2.28. The number of hydrogen-bond donors (Lipinski definition) is 2. The maximum atomic E-state index is 12.7. The summed E-state index contributed by atoms with van der Waals surface area (Å²) in [5, 5.41) is 5.24.